The monoisotopic (exact) mass is 591 g/mol. The number of benzene rings is 2. The van der Waals surface area contributed by atoms with Crippen LogP contribution < -0.4 is 20.9 Å². The first kappa shape index (κ1) is 29.4. The number of carbonyl (C=O) groups is 1. The summed E-state index contributed by atoms with van der Waals surface area (Å²) in [7, 11) is -5.22. The molecule has 1 aliphatic heterocycles. The zero-order valence-electron chi connectivity index (χ0n) is 20.4. The van der Waals surface area contributed by atoms with E-state index in [1.807, 2.05) is 5.09 Å². The fourth-order valence-corrected chi connectivity index (χ4v) is 5.72. The second-order valence-corrected chi connectivity index (χ2v) is 10.5. The molecule has 1 fully saturated rings. The number of nitrogens with one attached hydrogen (secondary N) is 2. The third kappa shape index (κ3) is 6.26. The van der Waals surface area contributed by atoms with Crippen molar-refractivity contribution in [2.24, 2.45) is 0 Å². The van der Waals surface area contributed by atoms with Gasteiger partial charge in [-0.1, -0.05) is 36.4 Å². The van der Waals surface area contributed by atoms with Gasteiger partial charge in [0.1, 0.15) is 24.1 Å². The summed E-state index contributed by atoms with van der Waals surface area (Å²) in [5, 5.41) is 22.5. The number of rotatable bonds is 9. The minimum absolute atomic E-state index is 0.200. The summed E-state index contributed by atoms with van der Waals surface area (Å²) < 4.78 is 86.3. The summed E-state index contributed by atoms with van der Waals surface area (Å²) in [5.41, 5.74) is -2.60. The Bertz CT molecular complexity index is 1570. The van der Waals surface area contributed by atoms with Crippen molar-refractivity contribution in [3.05, 3.63) is 75.3 Å². The van der Waals surface area contributed by atoms with Gasteiger partial charge in [-0.25, -0.2) is 9.36 Å². The molecule has 1 aromatic heterocycles. The Hall–Kier alpha value is -3.56. The maximum absolute atomic E-state index is 14.3. The number of nitrogens with zero attached hydrogens (tertiary/aromatic N) is 1. The Morgan fingerprint density at radius 1 is 1.23 bits per heavy atom. The van der Waals surface area contributed by atoms with E-state index < -0.39 is 74.0 Å². The van der Waals surface area contributed by atoms with Gasteiger partial charge < -0.3 is 19.5 Å². The normalized spacial score (nSPS) is 22.5. The fourth-order valence-electron chi connectivity index (χ4n) is 4.03. The van der Waals surface area contributed by atoms with E-state index in [2.05, 4.69) is 0 Å². The summed E-state index contributed by atoms with van der Waals surface area (Å²) in [6.45, 7) is 0.988. The molecule has 40 heavy (non-hydrogen) atoms. The second kappa shape index (κ2) is 11.1. The van der Waals surface area contributed by atoms with Crippen LogP contribution in [-0.4, -0.2) is 56.3 Å². The van der Waals surface area contributed by atoms with Crippen LogP contribution in [0.15, 0.2) is 58.3 Å². The molecule has 0 aliphatic carbocycles. The van der Waals surface area contributed by atoms with Crippen molar-refractivity contribution in [2.45, 2.75) is 50.1 Å². The van der Waals surface area contributed by atoms with Crippen LogP contribution in [0.5, 0.6) is 5.75 Å². The van der Waals surface area contributed by atoms with Crippen molar-refractivity contribution in [3.63, 3.8) is 0 Å². The molecule has 1 aliphatic rings. The highest BCUT2D eigenvalue weighted by atomic mass is 31.2. The molecular weight excluding hydrogens is 569 g/mol. The number of aliphatic hydroxyl groups excluding tert-OH is 1. The van der Waals surface area contributed by atoms with Crippen LogP contribution in [0.3, 0.4) is 0 Å². The zero-order valence-corrected chi connectivity index (χ0v) is 21.3. The molecule has 6 atom stereocenters. The van der Waals surface area contributed by atoms with E-state index in [1.165, 1.54) is 18.2 Å². The predicted molar refractivity (Wildman–Crippen MR) is 129 cm³/mol. The highest BCUT2D eigenvalue weighted by Gasteiger charge is 2.56. The summed E-state index contributed by atoms with van der Waals surface area (Å²) >= 11 is 0. The predicted octanol–water partition coefficient (Wildman–Crippen LogP) is 2.67. The molecule has 3 aromatic rings. The highest BCUT2D eigenvalue weighted by Crippen LogP contribution is 2.51. The number of aromatic nitrogens is 2. The van der Waals surface area contributed by atoms with Gasteiger partial charge >= 0.3 is 25.6 Å². The van der Waals surface area contributed by atoms with Crippen LogP contribution in [0.4, 0.5) is 17.6 Å². The van der Waals surface area contributed by atoms with Gasteiger partial charge in [0.25, 0.3) is 5.56 Å². The van der Waals surface area contributed by atoms with Gasteiger partial charge in [0.2, 0.25) is 5.82 Å². The average molecular weight is 591 g/mol. The number of carboxylic acid groups (broad SMARTS) is 1. The van der Waals surface area contributed by atoms with Crippen molar-refractivity contribution in [1.82, 2.24) is 14.6 Å². The molecule has 1 saturated heterocycles. The number of H-pyrrole nitrogens is 1. The fraction of sp³-hybridized carbons (Fsp3) is 0.348. The van der Waals surface area contributed by atoms with E-state index in [0.717, 1.165) is 6.92 Å². The van der Waals surface area contributed by atoms with Crippen LogP contribution in [0.25, 0.3) is 10.8 Å². The lowest BCUT2D eigenvalue weighted by Gasteiger charge is -2.31. The molecule has 2 heterocycles. The summed E-state index contributed by atoms with van der Waals surface area (Å²) in [5.74, 6) is -3.23. The number of halogens is 4. The summed E-state index contributed by atoms with van der Waals surface area (Å²) in [4.78, 5) is 36.4. The van der Waals surface area contributed by atoms with Crippen LogP contribution >= 0.6 is 7.75 Å². The van der Waals surface area contributed by atoms with Crippen molar-refractivity contribution in [2.75, 3.05) is 0 Å². The molecule has 0 bridgehead atoms. The van der Waals surface area contributed by atoms with E-state index in [9.17, 15) is 46.7 Å². The van der Waals surface area contributed by atoms with Crippen LogP contribution in [0, 0.1) is 5.82 Å². The summed E-state index contributed by atoms with van der Waals surface area (Å²) in [6.07, 6.45) is -14.9. The van der Waals surface area contributed by atoms with Crippen molar-refractivity contribution < 1.29 is 50.9 Å². The zero-order chi connectivity index (χ0) is 29.4. The lowest BCUT2D eigenvalue weighted by Crippen LogP contribution is -2.48. The Balaban J connectivity index is 1.70. The first-order chi connectivity index (χ1) is 18.7. The number of hydrogen-bond acceptors (Lipinski definition) is 8. The van der Waals surface area contributed by atoms with Gasteiger partial charge in [-0.2, -0.15) is 22.6 Å². The molecule has 216 valence electrons. The maximum atomic E-state index is 14.3. The number of carboxylic acids is 1. The Morgan fingerprint density at radius 3 is 2.58 bits per heavy atom. The van der Waals surface area contributed by atoms with Gasteiger partial charge in [-0.05, 0) is 18.4 Å². The maximum Gasteiger partial charge on any atom is 0.460 e. The van der Waals surface area contributed by atoms with Gasteiger partial charge in [0.15, 0.2) is 6.10 Å². The van der Waals surface area contributed by atoms with E-state index in [0.29, 0.717) is 21.5 Å². The molecule has 12 nitrogen and oxygen atoms in total. The van der Waals surface area contributed by atoms with Crippen molar-refractivity contribution in [3.8, 4) is 5.75 Å². The number of ether oxygens (including phenoxy) is 1. The molecular formula is C23H22F4N3O9P. The Labute approximate surface area is 221 Å². The molecule has 4 N–H and O–H groups in total. The van der Waals surface area contributed by atoms with E-state index in [1.54, 1.807) is 29.2 Å². The number of aliphatic hydroxyl groups is 1. The quantitative estimate of drug-likeness (QED) is 0.214. The molecule has 4 rings (SSSR count). The second-order valence-electron chi connectivity index (χ2n) is 8.82. The number of fused-ring (bicyclic) bond motifs is 1. The topological polar surface area (TPSA) is 169 Å². The first-order valence-electron chi connectivity index (χ1n) is 11.6. The van der Waals surface area contributed by atoms with Crippen molar-refractivity contribution >= 4 is 24.5 Å². The lowest BCUT2D eigenvalue weighted by molar-refractivity contribution is -0.237. The Kier molecular flexibility index (Phi) is 8.19. The molecule has 0 amide bonds. The molecule has 2 aromatic carbocycles. The molecule has 0 spiro atoms. The minimum Gasteiger partial charge on any atom is -0.480 e. The SMILES string of the molecule is CC(N[P@](=O)(Oc1cccc2ccccc12)OC([C@H]1O[C@@H](n2cc(F)c(=O)[nH]c2=O)C[C@@H]1O)C(F)(F)F)C(=O)O. The lowest BCUT2D eigenvalue weighted by atomic mass is 10.1. The van der Waals surface area contributed by atoms with E-state index >= 15 is 0 Å². The molecule has 2 unspecified atom stereocenters. The third-order valence-corrected chi connectivity index (χ3v) is 7.58. The van der Waals surface area contributed by atoms with E-state index in [4.69, 9.17) is 13.8 Å². The number of hydrogen-bond donors (Lipinski definition) is 4. The minimum atomic E-state index is -5.38. The highest BCUT2D eigenvalue weighted by molar-refractivity contribution is 7.52. The number of aromatic amines is 1. The molecule has 17 heteroatoms. The first-order valence-corrected chi connectivity index (χ1v) is 13.1. The van der Waals surface area contributed by atoms with Gasteiger partial charge in [0, 0.05) is 11.8 Å². The number of alkyl halides is 3. The average Bonchev–Trinajstić information content (AvgIpc) is 3.25. The van der Waals surface area contributed by atoms with Crippen molar-refractivity contribution in [1.29, 1.82) is 0 Å². The van der Waals surface area contributed by atoms with Crippen LogP contribution in [0.2, 0.25) is 0 Å². The number of aliphatic carboxylic acids is 1. The largest absolute Gasteiger partial charge is 0.480 e. The standard InChI is InChI=1S/C23H22F4N3O9P/c1-11(21(33)34)29-40(36,38-16-8-4-6-12-5-2-3-7-13(12)16)39-19(23(25,26)27)18-15(31)9-17(37-18)30-10-14(24)20(32)28-22(30)35/h2-8,10-11,15,17-19,31H,9H2,1H3,(H,29,36)(H,33,34)(H,28,32,35)/t11?,15-,17+,18-,19?,40-/m0/s1. The molecule has 0 saturated carbocycles. The van der Waals surface area contributed by atoms with Gasteiger partial charge in [-0.3, -0.25) is 23.7 Å². The summed E-state index contributed by atoms with van der Waals surface area (Å²) in [6, 6.07) is 9.07. The third-order valence-electron chi connectivity index (χ3n) is 5.93. The van der Waals surface area contributed by atoms with E-state index in [-0.39, 0.29) is 5.75 Å². The van der Waals surface area contributed by atoms with Crippen LogP contribution in [-0.2, 0) is 18.6 Å². The van der Waals surface area contributed by atoms with Gasteiger partial charge in [-0.15, -0.1) is 0 Å². The smallest absolute Gasteiger partial charge is 0.460 e. The Morgan fingerprint density at radius 2 is 1.90 bits per heavy atom. The molecule has 0 radical (unpaired) electrons. The van der Waals surface area contributed by atoms with Crippen LogP contribution in [0.1, 0.15) is 19.6 Å². The van der Waals surface area contributed by atoms with Gasteiger partial charge in [0.05, 0.1) is 12.3 Å².